The van der Waals surface area contributed by atoms with E-state index in [0.717, 1.165) is 4.90 Å². The Morgan fingerprint density at radius 1 is 0.818 bits per heavy atom. The molecule has 1 heterocycles. The molecular formula is C25H16ClNO6. The quantitative estimate of drug-likeness (QED) is 0.307. The van der Waals surface area contributed by atoms with Gasteiger partial charge in [0, 0.05) is 16.1 Å². The molecule has 0 saturated heterocycles. The van der Waals surface area contributed by atoms with E-state index in [1.165, 1.54) is 43.3 Å². The standard InChI is InChI=1S/C25H16ClNO6/c1-14(28)16-3-2-4-19(11-16)27-23(30)20-10-7-17(12-21(20)24(27)31)25(32)33-13-22(29)15-5-8-18(26)9-6-15/h2-12H,13H2,1H3. The van der Waals surface area contributed by atoms with Crippen LogP contribution in [0.15, 0.2) is 66.7 Å². The third kappa shape index (κ3) is 4.31. The Hall–Kier alpha value is -4.10. The zero-order valence-electron chi connectivity index (χ0n) is 17.3. The molecule has 0 unspecified atom stereocenters. The van der Waals surface area contributed by atoms with Crippen molar-refractivity contribution >= 4 is 46.6 Å². The Labute approximate surface area is 193 Å². The number of imide groups is 1. The minimum absolute atomic E-state index is 0.0261. The number of benzene rings is 3. The molecule has 0 atom stereocenters. The summed E-state index contributed by atoms with van der Waals surface area (Å²) < 4.78 is 5.08. The van der Waals surface area contributed by atoms with E-state index in [9.17, 15) is 24.0 Å². The summed E-state index contributed by atoms with van der Waals surface area (Å²) in [6.07, 6.45) is 0. The normalized spacial score (nSPS) is 12.5. The van der Waals surface area contributed by atoms with Crippen LogP contribution in [0.4, 0.5) is 5.69 Å². The van der Waals surface area contributed by atoms with Crippen molar-refractivity contribution in [2.24, 2.45) is 0 Å². The number of rotatable bonds is 6. The molecule has 3 aromatic rings. The molecule has 0 bridgehead atoms. The molecule has 164 valence electrons. The van der Waals surface area contributed by atoms with Gasteiger partial charge in [-0.15, -0.1) is 0 Å². The van der Waals surface area contributed by atoms with E-state index < -0.39 is 30.2 Å². The monoisotopic (exact) mass is 461 g/mol. The average Bonchev–Trinajstić information content (AvgIpc) is 3.07. The molecule has 0 aliphatic carbocycles. The van der Waals surface area contributed by atoms with Crippen LogP contribution in [0.5, 0.6) is 0 Å². The average molecular weight is 462 g/mol. The lowest BCUT2D eigenvalue weighted by Crippen LogP contribution is -2.29. The van der Waals surface area contributed by atoms with Crippen LogP contribution in [0.1, 0.15) is 58.7 Å². The van der Waals surface area contributed by atoms with Crippen LogP contribution in [-0.4, -0.2) is 36.0 Å². The number of ketones is 2. The number of fused-ring (bicyclic) bond motifs is 1. The largest absolute Gasteiger partial charge is 0.454 e. The molecule has 1 aliphatic rings. The second kappa shape index (κ2) is 8.80. The topological polar surface area (TPSA) is 97.8 Å². The lowest BCUT2D eigenvalue weighted by Gasteiger charge is -2.14. The van der Waals surface area contributed by atoms with Gasteiger partial charge in [-0.2, -0.15) is 0 Å². The van der Waals surface area contributed by atoms with E-state index >= 15 is 0 Å². The van der Waals surface area contributed by atoms with Crippen molar-refractivity contribution in [3.8, 4) is 0 Å². The van der Waals surface area contributed by atoms with Gasteiger partial charge in [-0.3, -0.25) is 19.2 Å². The fraction of sp³-hybridized carbons (Fsp3) is 0.0800. The van der Waals surface area contributed by atoms with E-state index in [0.29, 0.717) is 16.1 Å². The van der Waals surface area contributed by atoms with E-state index in [4.69, 9.17) is 16.3 Å². The number of amides is 2. The number of carbonyl (C=O) groups excluding carboxylic acids is 5. The second-order valence-corrected chi connectivity index (χ2v) is 7.76. The van der Waals surface area contributed by atoms with Gasteiger partial charge in [0.15, 0.2) is 18.2 Å². The highest BCUT2D eigenvalue weighted by atomic mass is 35.5. The van der Waals surface area contributed by atoms with E-state index in [-0.39, 0.29) is 28.2 Å². The lowest BCUT2D eigenvalue weighted by molar-refractivity contribution is 0.0474. The number of carbonyl (C=O) groups is 5. The van der Waals surface area contributed by atoms with Gasteiger partial charge in [0.25, 0.3) is 11.8 Å². The maximum Gasteiger partial charge on any atom is 0.338 e. The molecule has 4 rings (SSSR count). The molecule has 0 N–H and O–H groups in total. The van der Waals surface area contributed by atoms with Crippen LogP contribution >= 0.6 is 11.6 Å². The molecule has 0 saturated carbocycles. The molecular weight excluding hydrogens is 446 g/mol. The third-order valence-electron chi connectivity index (χ3n) is 5.13. The smallest absolute Gasteiger partial charge is 0.338 e. The van der Waals surface area contributed by atoms with Gasteiger partial charge in [-0.1, -0.05) is 23.7 Å². The van der Waals surface area contributed by atoms with Crippen LogP contribution in [0.25, 0.3) is 0 Å². The molecule has 3 aromatic carbocycles. The first kappa shape index (κ1) is 22.1. The van der Waals surface area contributed by atoms with E-state index in [1.807, 2.05) is 0 Å². The predicted octanol–water partition coefficient (Wildman–Crippen LogP) is 4.38. The number of esters is 1. The Balaban J connectivity index is 1.52. The summed E-state index contributed by atoms with van der Waals surface area (Å²) in [6.45, 7) is 0.894. The summed E-state index contributed by atoms with van der Waals surface area (Å²) >= 11 is 5.80. The molecule has 0 aromatic heterocycles. The van der Waals surface area contributed by atoms with Crippen molar-refractivity contribution in [3.63, 3.8) is 0 Å². The highest BCUT2D eigenvalue weighted by molar-refractivity contribution is 6.34. The van der Waals surface area contributed by atoms with Crippen LogP contribution < -0.4 is 4.90 Å². The Morgan fingerprint density at radius 3 is 2.18 bits per heavy atom. The Bertz CT molecular complexity index is 1330. The number of Topliss-reactive ketones (excluding diaryl/α,β-unsaturated/α-hetero) is 2. The van der Waals surface area contributed by atoms with Gasteiger partial charge in [-0.05, 0) is 61.5 Å². The summed E-state index contributed by atoms with van der Waals surface area (Å²) in [4.78, 5) is 63.0. The van der Waals surface area contributed by atoms with E-state index in [2.05, 4.69) is 0 Å². The van der Waals surface area contributed by atoms with E-state index in [1.54, 1.807) is 30.3 Å². The number of halogens is 1. The van der Waals surface area contributed by atoms with Gasteiger partial charge in [-0.25, -0.2) is 9.69 Å². The zero-order valence-corrected chi connectivity index (χ0v) is 18.1. The minimum atomic E-state index is -0.808. The van der Waals surface area contributed by atoms with Crippen molar-refractivity contribution in [1.82, 2.24) is 0 Å². The number of anilines is 1. The van der Waals surface area contributed by atoms with Crippen molar-refractivity contribution in [2.45, 2.75) is 6.92 Å². The summed E-state index contributed by atoms with van der Waals surface area (Å²) in [6, 6.07) is 16.3. The van der Waals surface area contributed by atoms with Crippen molar-refractivity contribution < 1.29 is 28.7 Å². The first-order valence-corrected chi connectivity index (χ1v) is 10.2. The minimum Gasteiger partial charge on any atom is -0.454 e. The van der Waals surface area contributed by atoms with Crippen LogP contribution in [0.3, 0.4) is 0 Å². The molecule has 0 radical (unpaired) electrons. The summed E-state index contributed by atoms with van der Waals surface area (Å²) in [5, 5.41) is 0.475. The van der Waals surface area contributed by atoms with Gasteiger partial charge in [0.2, 0.25) is 0 Å². The maximum atomic E-state index is 12.9. The summed E-state index contributed by atoms with van der Waals surface area (Å²) in [7, 11) is 0. The third-order valence-corrected chi connectivity index (χ3v) is 5.39. The number of nitrogens with zero attached hydrogens (tertiary/aromatic N) is 1. The molecule has 1 aliphatic heterocycles. The van der Waals surface area contributed by atoms with Crippen LogP contribution in [0, 0.1) is 0 Å². The molecule has 7 nitrogen and oxygen atoms in total. The number of hydrogen-bond donors (Lipinski definition) is 0. The highest BCUT2D eigenvalue weighted by Gasteiger charge is 2.37. The van der Waals surface area contributed by atoms with Crippen molar-refractivity contribution in [1.29, 1.82) is 0 Å². The maximum absolute atomic E-state index is 12.9. The van der Waals surface area contributed by atoms with Crippen molar-refractivity contribution in [3.05, 3.63) is 99.6 Å². The fourth-order valence-electron chi connectivity index (χ4n) is 3.40. The Kier molecular flexibility index (Phi) is 5.89. The number of ether oxygens (including phenoxy) is 1. The summed E-state index contributed by atoms with van der Waals surface area (Å²) in [5.74, 6) is -2.61. The second-order valence-electron chi connectivity index (χ2n) is 7.32. The van der Waals surface area contributed by atoms with Gasteiger partial charge in [0.05, 0.1) is 22.4 Å². The van der Waals surface area contributed by atoms with Crippen LogP contribution in [-0.2, 0) is 4.74 Å². The highest BCUT2D eigenvalue weighted by Crippen LogP contribution is 2.30. The first-order chi connectivity index (χ1) is 15.8. The summed E-state index contributed by atoms with van der Waals surface area (Å²) in [5.41, 5.74) is 1.14. The fourth-order valence-corrected chi connectivity index (χ4v) is 3.53. The van der Waals surface area contributed by atoms with Gasteiger partial charge >= 0.3 is 5.97 Å². The molecule has 33 heavy (non-hydrogen) atoms. The Morgan fingerprint density at radius 2 is 1.48 bits per heavy atom. The zero-order chi connectivity index (χ0) is 23.7. The van der Waals surface area contributed by atoms with Gasteiger partial charge < -0.3 is 4.74 Å². The first-order valence-electron chi connectivity index (χ1n) is 9.86. The molecule has 0 spiro atoms. The molecule has 8 heteroatoms. The SMILES string of the molecule is CC(=O)c1cccc(N2C(=O)c3ccc(C(=O)OCC(=O)c4ccc(Cl)cc4)cc3C2=O)c1. The van der Waals surface area contributed by atoms with Gasteiger partial charge in [0.1, 0.15) is 0 Å². The number of hydrogen-bond acceptors (Lipinski definition) is 6. The molecule has 0 fully saturated rings. The lowest BCUT2D eigenvalue weighted by atomic mass is 10.1. The molecule has 2 amide bonds. The predicted molar refractivity (Wildman–Crippen MR) is 120 cm³/mol. The van der Waals surface area contributed by atoms with Crippen molar-refractivity contribution in [2.75, 3.05) is 11.5 Å². The van der Waals surface area contributed by atoms with Crippen LogP contribution in [0.2, 0.25) is 5.02 Å².